The topological polar surface area (TPSA) is 23.5 Å². The summed E-state index contributed by atoms with van der Waals surface area (Å²) in [5, 5.41) is 9.12. The number of hydrogen-bond donors (Lipinski definition) is 1. The maximum Gasteiger partial charge on any atom is 0.146 e. The summed E-state index contributed by atoms with van der Waals surface area (Å²) in [6.07, 6.45) is 0. The molecule has 100 valence electrons. The van der Waals surface area contributed by atoms with Crippen molar-refractivity contribution >= 4 is 27.3 Å². The van der Waals surface area contributed by atoms with Crippen LogP contribution in [0, 0.1) is 5.82 Å². The van der Waals surface area contributed by atoms with Gasteiger partial charge < -0.3 is 10.0 Å². The second-order valence-corrected chi connectivity index (χ2v) is 4.99. The third-order valence-corrected chi connectivity index (χ3v) is 3.58. The van der Waals surface area contributed by atoms with Crippen molar-refractivity contribution in [3.05, 3.63) is 58.3 Å². The van der Waals surface area contributed by atoms with E-state index in [1.165, 1.54) is 6.07 Å². The summed E-state index contributed by atoms with van der Waals surface area (Å²) in [5.41, 5.74) is 2.24. The fourth-order valence-electron chi connectivity index (χ4n) is 2.01. The molecule has 0 fully saturated rings. The molecule has 4 heteroatoms. The molecule has 0 saturated carbocycles. The van der Waals surface area contributed by atoms with Crippen LogP contribution in [0.25, 0.3) is 0 Å². The molecule has 2 nitrogen and oxygen atoms in total. The Morgan fingerprint density at radius 2 is 1.89 bits per heavy atom. The van der Waals surface area contributed by atoms with Gasteiger partial charge in [0.05, 0.1) is 18.0 Å². The third-order valence-electron chi connectivity index (χ3n) is 2.94. The van der Waals surface area contributed by atoms with Gasteiger partial charge in [-0.1, -0.05) is 18.2 Å². The molecular weight excluding hydrogens is 309 g/mol. The third kappa shape index (κ3) is 2.96. The highest BCUT2D eigenvalue weighted by Gasteiger charge is 2.14. The maximum atomic E-state index is 13.9. The minimum Gasteiger partial charge on any atom is -0.392 e. The summed E-state index contributed by atoms with van der Waals surface area (Å²) in [5.74, 6) is -0.248. The first-order chi connectivity index (χ1) is 9.17. The first-order valence-corrected chi connectivity index (χ1v) is 6.88. The smallest absolute Gasteiger partial charge is 0.146 e. The minimum atomic E-state index is -0.248. The molecule has 2 rings (SSSR count). The molecule has 2 aromatic carbocycles. The Morgan fingerprint density at radius 3 is 2.47 bits per heavy atom. The summed E-state index contributed by atoms with van der Waals surface area (Å²) in [4.78, 5) is 1.89. The standard InChI is InChI=1S/C15H15BrFNO/c1-2-18(15-6-4-3-5-13(15)17)14-8-7-11(10-19)9-12(14)16/h3-9,19H,2,10H2,1H3. The van der Waals surface area contributed by atoms with Crippen molar-refractivity contribution in [1.29, 1.82) is 0 Å². The van der Waals surface area contributed by atoms with E-state index < -0.39 is 0 Å². The van der Waals surface area contributed by atoms with Crippen LogP contribution in [0.5, 0.6) is 0 Å². The SMILES string of the molecule is CCN(c1ccccc1F)c1ccc(CO)cc1Br. The minimum absolute atomic E-state index is 0.00922. The molecule has 0 heterocycles. The number of anilines is 2. The molecule has 0 saturated heterocycles. The number of para-hydroxylation sites is 1. The molecule has 2 aromatic rings. The lowest BCUT2D eigenvalue weighted by Gasteiger charge is -2.25. The number of nitrogens with zero attached hydrogens (tertiary/aromatic N) is 1. The van der Waals surface area contributed by atoms with Crippen LogP contribution < -0.4 is 4.90 Å². The summed E-state index contributed by atoms with van der Waals surface area (Å²) < 4.78 is 14.7. The van der Waals surface area contributed by atoms with Gasteiger partial charge in [-0.2, -0.15) is 0 Å². The normalized spacial score (nSPS) is 10.5. The maximum absolute atomic E-state index is 13.9. The highest BCUT2D eigenvalue weighted by molar-refractivity contribution is 9.10. The zero-order valence-corrected chi connectivity index (χ0v) is 12.2. The molecule has 0 aliphatic rings. The first-order valence-electron chi connectivity index (χ1n) is 6.08. The Hall–Kier alpha value is -1.39. The van der Waals surface area contributed by atoms with E-state index in [9.17, 15) is 4.39 Å². The molecule has 0 spiro atoms. The van der Waals surface area contributed by atoms with Crippen LogP contribution in [-0.2, 0) is 6.61 Å². The zero-order valence-electron chi connectivity index (χ0n) is 10.6. The van der Waals surface area contributed by atoms with Gasteiger partial charge in [0, 0.05) is 11.0 Å². The molecule has 0 radical (unpaired) electrons. The van der Waals surface area contributed by atoms with E-state index in [2.05, 4.69) is 15.9 Å². The van der Waals surface area contributed by atoms with E-state index in [0.717, 1.165) is 15.7 Å². The van der Waals surface area contributed by atoms with Crippen molar-refractivity contribution in [2.75, 3.05) is 11.4 Å². The highest BCUT2D eigenvalue weighted by Crippen LogP contribution is 2.33. The molecule has 0 unspecified atom stereocenters. The van der Waals surface area contributed by atoms with Crippen LogP contribution in [0.2, 0.25) is 0 Å². The summed E-state index contributed by atoms with van der Waals surface area (Å²) >= 11 is 3.48. The molecular formula is C15H15BrFNO. The summed E-state index contributed by atoms with van der Waals surface area (Å²) in [6.45, 7) is 2.61. The molecule has 0 aliphatic heterocycles. The lowest BCUT2D eigenvalue weighted by Crippen LogP contribution is -2.17. The Labute approximate surface area is 120 Å². The van der Waals surface area contributed by atoms with Crippen molar-refractivity contribution in [3.8, 4) is 0 Å². The molecule has 0 aliphatic carbocycles. The molecule has 19 heavy (non-hydrogen) atoms. The van der Waals surface area contributed by atoms with Gasteiger partial charge in [-0.15, -0.1) is 0 Å². The van der Waals surface area contributed by atoms with Gasteiger partial charge >= 0.3 is 0 Å². The summed E-state index contributed by atoms with van der Waals surface area (Å²) in [7, 11) is 0. The fraction of sp³-hybridized carbons (Fsp3) is 0.200. The van der Waals surface area contributed by atoms with E-state index in [4.69, 9.17) is 5.11 Å². The Kier molecular flexibility index (Phi) is 4.56. The number of hydrogen-bond acceptors (Lipinski definition) is 2. The quantitative estimate of drug-likeness (QED) is 0.909. The van der Waals surface area contributed by atoms with Crippen LogP contribution in [0.15, 0.2) is 46.9 Å². The average molecular weight is 324 g/mol. The highest BCUT2D eigenvalue weighted by atomic mass is 79.9. The molecule has 0 bridgehead atoms. The second kappa shape index (κ2) is 6.17. The van der Waals surface area contributed by atoms with Crippen molar-refractivity contribution < 1.29 is 9.50 Å². The van der Waals surface area contributed by atoms with Gasteiger partial charge in [-0.25, -0.2) is 4.39 Å². The van der Waals surface area contributed by atoms with Crippen molar-refractivity contribution in [1.82, 2.24) is 0 Å². The van der Waals surface area contributed by atoms with Gasteiger partial charge in [0.15, 0.2) is 0 Å². The number of rotatable bonds is 4. The second-order valence-electron chi connectivity index (χ2n) is 4.14. The predicted molar refractivity (Wildman–Crippen MR) is 79.1 cm³/mol. The van der Waals surface area contributed by atoms with Gasteiger partial charge in [0.2, 0.25) is 0 Å². The Bertz CT molecular complexity index is 574. The van der Waals surface area contributed by atoms with Crippen LogP contribution in [0.4, 0.5) is 15.8 Å². The number of aliphatic hydroxyl groups is 1. The van der Waals surface area contributed by atoms with E-state index in [1.54, 1.807) is 12.1 Å². The zero-order chi connectivity index (χ0) is 13.8. The largest absolute Gasteiger partial charge is 0.392 e. The molecule has 0 aromatic heterocycles. The van der Waals surface area contributed by atoms with E-state index >= 15 is 0 Å². The van der Waals surface area contributed by atoms with E-state index in [1.807, 2.05) is 36.1 Å². The van der Waals surface area contributed by atoms with Crippen LogP contribution in [0.3, 0.4) is 0 Å². The number of aliphatic hydroxyl groups excluding tert-OH is 1. The number of halogens is 2. The van der Waals surface area contributed by atoms with Crippen LogP contribution in [0.1, 0.15) is 12.5 Å². The summed E-state index contributed by atoms with van der Waals surface area (Å²) in [6, 6.07) is 12.3. The molecule has 1 N–H and O–H groups in total. The van der Waals surface area contributed by atoms with E-state index in [0.29, 0.717) is 12.2 Å². The van der Waals surface area contributed by atoms with Crippen molar-refractivity contribution in [2.24, 2.45) is 0 Å². The first kappa shape index (κ1) is 14.0. The van der Waals surface area contributed by atoms with Gasteiger partial charge in [-0.05, 0) is 52.7 Å². The van der Waals surface area contributed by atoms with E-state index in [-0.39, 0.29) is 12.4 Å². The Balaban J connectivity index is 2.46. The lowest BCUT2D eigenvalue weighted by atomic mass is 10.2. The van der Waals surface area contributed by atoms with Gasteiger partial charge in [0.1, 0.15) is 5.82 Å². The average Bonchev–Trinajstić information content (AvgIpc) is 2.43. The number of benzene rings is 2. The predicted octanol–water partition coefficient (Wildman–Crippen LogP) is 4.24. The van der Waals surface area contributed by atoms with Crippen molar-refractivity contribution in [3.63, 3.8) is 0 Å². The van der Waals surface area contributed by atoms with Crippen molar-refractivity contribution in [2.45, 2.75) is 13.5 Å². The van der Waals surface area contributed by atoms with Gasteiger partial charge in [-0.3, -0.25) is 0 Å². The molecule has 0 amide bonds. The van der Waals surface area contributed by atoms with Gasteiger partial charge in [0.25, 0.3) is 0 Å². The van der Waals surface area contributed by atoms with Crippen LogP contribution >= 0.6 is 15.9 Å². The molecule has 0 atom stereocenters. The monoisotopic (exact) mass is 323 g/mol. The van der Waals surface area contributed by atoms with Crippen LogP contribution in [-0.4, -0.2) is 11.7 Å². The fourth-order valence-corrected chi connectivity index (χ4v) is 2.65. The lowest BCUT2D eigenvalue weighted by molar-refractivity contribution is 0.282. The Morgan fingerprint density at radius 1 is 1.16 bits per heavy atom.